The third-order valence-electron chi connectivity index (χ3n) is 2.68. The first-order valence-corrected chi connectivity index (χ1v) is 6.25. The number of nitrogens with zero attached hydrogens (tertiary/aromatic N) is 6. The van der Waals surface area contributed by atoms with Crippen molar-refractivity contribution in [1.82, 2.24) is 24.7 Å². The number of anilines is 2. The summed E-state index contributed by atoms with van der Waals surface area (Å²) in [6.45, 7) is 4.03. The van der Waals surface area contributed by atoms with Crippen LogP contribution in [0.2, 0.25) is 0 Å². The summed E-state index contributed by atoms with van der Waals surface area (Å²) in [5, 5.41) is 4.10. The Morgan fingerprint density at radius 1 is 1.40 bits per heavy atom. The monoisotopic (exact) mass is 278 g/mol. The topological polar surface area (TPSA) is 107 Å². The molecular weight excluding hydrogens is 260 g/mol. The standard InChI is InChI=1S/C11H18N8O/c1-3-18(7-8-20-2)10-14-9(17-12)15-11(16-10)19-6-4-5-13-19/h4-6H,3,7-8,12H2,1-2H3,(H,14,15,16,17). The van der Waals surface area contributed by atoms with Gasteiger partial charge in [0.25, 0.3) is 5.95 Å². The molecule has 0 aliphatic carbocycles. The van der Waals surface area contributed by atoms with E-state index >= 15 is 0 Å². The molecule has 0 spiro atoms. The van der Waals surface area contributed by atoms with Gasteiger partial charge in [-0.1, -0.05) is 0 Å². The van der Waals surface area contributed by atoms with Gasteiger partial charge in [-0.3, -0.25) is 5.43 Å². The highest BCUT2D eigenvalue weighted by Gasteiger charge is 2.13. The molecule has 0 radical (unpaired) electrons. The van der Waals surface area contributed by atoms with Crippen molar-refractivity contribution in [2.75, 3.05) is 37.1 Å². The SMILES string of the molecule is CCN(CCOC)c1nc(NN)nc(-n2cccn2)n1. The fourth-order valence-electron chi connectivity index (χ4n) is 1.65. The molecule has 0 aliphatic heterocycles. The summed E-state index contributed by atoms with van der Waals surface area (Å²) in [6.07, 6.45) is 3.41. The van der Waals surface area contributed by atoms with Crippen molar-refractivity contribution in [2.24, 2.45) is 5.84 Å². The van der Waals surface area contributed by atoms with Crippen LogP contribution in [-0.2, 0) is 4.74 Å². The highest BCUT2D eigenvalue weighted by molar-refractivity contribution is 5.39. The van der Waals surface area contributed by atoms with E-state index in [0.717, 1.165) is 6.54 Å². The summed E-state index contributed by atoms with van der Waals surface area (Å²) in [5.41, 5.74) is 2.44. The van der Waals surface area contributed by atoms with E-state index < -0.39 is 0 Å². The number of hydrazine groups is 1. The van der Waals surface area contributed by atoms with E-state index in [4.69, 9.17) is 10.6 Å². The van der Waals surface area contributed by atoms with E-state index in [9.17, 15) is 0 Å². The zero-order valence-corrected chi connectivity index (χ0v) is 11.5. The summed E-state index contributed by atoms with van der Waals surface area (Å²) in [6, 6.07) is 1.79. The molecule has 2 aromatic heterocycles. The zero-order valence-electron chi connectivity index (χ0n) is 11.5. The van der Waals surface area contributed by atoms with E-state index in [1.165, 1.54) is 0 Å². The number of nitrogen functional groups attached to an aromatic ring is 1. The van der Waals surface area contributed by atoms with Gasteiger partial charge in [-0.2, -0.15) is 20.1 Å². The number of aromatic nitrogens is 5. The van der Waals surface area contributed by atoms with Gasteiger partial charge in [-0.05, 0) is 13.0 Å². The minimum Gasteiger partial charge on any atom is -0.383 e. The molecule has 0 aliphatic rings. The third kappa shape index (κ3) is 3.19. The van der Waals surface area contributed by atoms with Crippen molar-refractivity contribution in [3.05, 3.63) is 18.5 Å². The largest absolute Gasteiger partial charge is 0.383 e. The van der Waals surface area contributed by atoms with Crippen molar-refractivity contribution in [1.29, 1.82) is 0 Å². The van der Waals surface area contributed by atoms with Gasteiger partial charge >= 0.3 is 0 Å². The predicted molar refractivity (Wildman–Crippen MR) is 74.5 cm³/mol. The number of likely N-dealkylation sites (N-methyl/N-ethyl adjacent to an activating group) is 1. The molecule has 0 aromatic carbocycles. The number of ether oxygens (including phenoxy) is 1. The summed E-state index contributed by atoms with van der Waals surface area (Å²) >= 11 is 0. The molecule has 9 nitrogen and oxygen atoms in total. The van der Waals surface area contributed by atoms with Gasteiger partial charge in [-0.25, -0.2) is 10.5 Å². The van der Waals surface area contributed by atoms with Crippen molar-refractivity contribution in [3.63, 3.8) is 0 Å². The molecule has 0 atom stereocenters. The first-order chi connectivity index (χ1) is 9.78. The van der Waals surface area contributed by atoms with Crippen LogP contribution in [0.4, 0.5) is 11.9 Å². The lowest BCUT2D eigenvalue weighted by molar-refractivity contribution is 0.205. The smallest absolute Gasteiger partial charge is 0.257 e. The van der Waals surface area contributed by atoms with Crippen LogP contribution in [0.1, 0.15) is 6.92 Å². The fraction of sp³-hybridized carbons (Fsp3) is 0.455. The van der Waals surface area contributed by atoms with E-state index in [0.29, 0.717) is 25.0 Å². The fourth-order valence-corrected chi connectivity index (χ4v) is 1.65. The first kappa shape index (κ1) is 14.2. The Hall–Kier alpha value is -2.26. The molecular formula is C11H18N8O. The summed E-state index contributed by atoms with van der Waals surface area (Å²) in [7, 11) is 1.66. The molecule has 0 amide bonds. The molecule has 0 bridgehead atoms. The first-order valence-electron chi connectivity index (χ1n) is 6.25. The molecule has 2 aromatic rings. The van der Waals surface area contributed by atoms with Gasteiger partial charge in [-0.15, -0.1) is 0 Å². The van der Waals surface area contributed by atoms with Gasteiger partial charge in [0.05, 0.1) is 6.61 Å². The van der Waals surface area contributed by atoms with Crippen LogP contribution in [-0.4, -0.2) is 51.5 Å². The number of rotatable bonds is 7. The normalized spacial score (nSPS) is 10.6. The quantitative estimate of drug-likeness (QED) is 0.530. The van der Waals surface area contributed by atoms with Crippen LogP contribution >= 0.6 is 0 Å². The summed E-state index contributed by atoms with van der Waals surface area (Å²) in [4.78, 5) is 14.8. The lowest BCUT2D eigenvalue weighted by atomic mass is 10.5. The number of nitrogens with two attached hydrogens (primary N) is 1. The Bertz CT molecular complexity index is 529. The molecule has 108 valence electrons. The Balaban J connectivity index is 2.34. The average Bonchev–Trinajstić information content (AvgIpc) is 3.02. The second-order valence-corrected chi connectivity index (χ2v) is 3.93. The zero-order chi connectivity index (χ0) is 14.4. The van der Waals surface area contributed by atoms with Crippen LogP contribution in [0.15, 0.2) is 18.5 Å². The molecule has 0 saturated heterocycles. The van der Waals surface area contributed by atoms with E-state index in [-0.39, 0.29) is 5.95 Å². The molecule has 20 heavy (non-hydrogen) atoms. The Labute approximate surface area is 116 Å². The molecule has 2 heterocycles. The molecule has 0 saturated carbocycles. The highest BCUT2D eigenvalue weighted by atomic mass is 16.5. The van der Waals surface area contributed by atoms with Crippen LogP contribution in [0.5, 0.6) is 0 Å². The lowest BCUT2D eigenvalue weighted by Gasteiger charge is -2.20. The van der Waals surface area contributed by atoms with Crippen LogP contribution in [0.25, 0.3) is 5.95 Å². The molecule has 2 rings (SSSR count). The van der Waals surface area contributed by atoms with Crippen LogP contribution in [0.3, 0.4) is 0 Å². The molecule has 0 fully saturated rings. The van der Waals surface area contributed by atoms with Gasteiger partial charge in [0, 0.05) is 32.6 Å². The van der Waals surface area contributed by atoms with Crippen LogP contribution in [0, 0.1) is 0 Å². The number of methoxy groups -OCH3 is 1. The maximum atomic E-state index is 5.41. The Morgan fingerprint density at radius 2 is 2.25 bits per heavy atom. The minimum atomic E-state index is 0.288. The van der Waals surface area contributed by atoms with Gasteiger partial charge in [0.15, 0.2) is 0 Å². The van der Waals surface area contributed by atoms with Crippen molar-refractivity contribution in [2.45, 2.75) is 6.92 Å². The third-order valence-corrected chi connectivity index (χ3v) is 2.68. The second kappa shape index (κ2) is 6.78. The number of hydrogen-bond donors (Lipinski definition) is 2. The van der Waals surface area contributed by atoms with E-state index in [2.05, 4.69) is 25.5 Å². The van der Waals surface area contributed by atoms with Crippen LogP contribution < -0.4 is 16.2 Å². The van der Waals surface area contributed by atoms with Crippen molar-refractivity contribution >= 4 is 11.9 Å². The van der Waals surface area contributed by atoms with E-state index in [1.807, 2.05) is 11.8 Å². The molecule has 0 unspecified atom stereocenters. The van der Waals surface area contributed by atoms with E-state index in [1.54, 1.807) is 30.3 Å². The maximum Gasteiger partial charge on any atom is 0.257 e. The number of hydrogen-bond acceptors (Lipinski definition) is 8. The Morgan fingerprint density at radius 3 is 2.85 bits per heavy atom. The van der Waals surface area contributed by atoms with Gasteiger partial charge in [0.1, 0.15) is 0 Å². The van der Waals surface area contributed by atoms with Crippen molar-refractivity contribution < 1.29 is 4.74 Å². The van der Waals surface area contributed by atoms with Gasteiger partial charge in [0.2, 0.25) is 11.9 Å². The molecule has 9 heteroatoms. The van der Waals surface area contributed by atoms with Crippen molar-refractivity contribution in [3.8, 4) is 5.95 Å². The van der Waals surface area contributed by atoms with Gasteiger partial charge < -0.3 is 9.64 Å². The average molecular weight is 278 g/mol. The number of nitrogens with one attached hydrogen (secondary N) is 1. The summed E-state index contributed by atoms with van der Waals surface area (Å²) in [5.74, 6) is 6.63. The second-order valence-electron chi connectivity index (χ2n) is 3.93. The Kier molecular flexibility index (Phi) is 4.80. The molecule has 3 N–H and O–H groups in total. The summed E-state index contributed by atoms with van der Waals surface area (Å²) < 4.78 is 6.64. The minimum absolute atomic E-state index is 0.288. The highest BCUT2D eigenvalue weighted by Crippen LogP contribution is 2.12. The maximum absolute atomic E-state index is 5.41. The predicted octanol–water partition coefficient (Wildman–Crippen LogP) is -0.184. The lowest BCUT2D eigenvalue weighted by Crippen LogP contribution is -2.30.